The van der Waals surface area contributed by atoms with Crippen molar-refractivity contribution in [1.29, 1.82) is 0 Å². The number of hydrogen-bond donors (Lipinski definition) is 1. The molecule has 2 saturated carbocycles. The zero-order valence-corrected chi connectivity index (χ0v) is 9.19. The van der Waals surface area contributed by atoms with Crippen LogP contribution in [0.5, 0.6) is 0 Å². The van der Waals surface area contributed by atoms with Crippen LogP contribution in [0.25, 0.3) is 0 Å². The Bertz CT molecular complexity index is 277. The van der Waals surface area contributed by atoms with Gasteiger partial charge in [-0.15, -0.1) is 0 Å². The molecular weight excluding hydrogens is 188 g/mol. The van der Waals surface area contributed by atoms with Crippen molar-refractivity contribution in [3.05, 3.63) is 0 Å². The molecule has 3 nitrogen and oxygen atoms in total. The van der Waals surface area contributed by atoms with Gasteiger partial charge >= 0.3 is 0 Å². The molecule has 0 amide bonds. The molecule has 4 unspecified atom stereocenters. The predicted octanol–water partition coefficient (Wildman–Crippen LogP) is 1.85. The molecule has 0 radical (unpaired) electrons. The van der Waals surface area contributed by atoms with Gasteiger partial charge in [0.1, 0.15) is 6.10 Å². The van der Waals surface area contributed by atoms with Crippen LogP contribution in [0.4, 0.5) is 0 Å². The Hall–Kier alpha value is -0.570. The van der Waals surface area contributed by atoms with E-state index in [4.69, 9.17) is 15.5 Å². The van der Waals surface area contributed by atoms with Gasteiger partial charge in [0, 0.05) is 12.0 Å². The Morgan fingerprint density at radius 2 is 1.93 bits per heavy atom. The lowest BCUT2D eigenvalue weighted by atomic mass is 9.85. The Labute approximate surface area is 91.1 Å². The van der Waals surface area contributed by atoms with Gasteiger partial charge in [-0.2, -0.15) is 0 Å². The molecule has 0 aromatic heterocycles. The Kier molecular flexibility index (Phi) is 2.43. The maximum atomic E-state index is 6.15. The van der Waals surface area contributed by atoms with Crippen molar-refractivity contribution < 1.29 is 4.74 Å². The number of hydrogen-bond acceptors (Lipinski definition) is 3. The minimum absolute atomic E-state index is 0.288. The molecule has 2 N–H and O–H groups in total. The maximum Gasteiger partial charge on any atom is 0.188 e. The summed E-state index contributed by atoms with van der Waals surface area (Å²) in [6.45, 7) is 0. The van der Waals surface area contributed by atoms with Crippen LogP contribution in [0, 0.1) is 5.92 Å². The highest BCUT2D eigenvalue weighted by Crippen LogP contribution is 2.34. The molecule has 2 aliphatic carbocycles. The second-order valence-corrected chi connectivity index (χ2v) is 5.18. The predicted molar refractivity (Wildman–Crippen MR) is 59.9 cm³/mol. The first kappa shape index (κ1) is 9.64. The van der Waals surface area contributed by atoms with Gasteiger partial charge in [-0.25, -0.2) is 4.99 Å². The summed E-state index contributed by atoms with van der Waals surface area (Å²) < 4.78 is 5.97. The summed E-state index contributed by atoms with van der Waals surface area (Å²) in [6, 6.07) is 0.755. The maximum absolute atomic E-state index is 6.15. The first-order valence-corrected chi connectivity index (χ1v) is 6.34. The first-order chi connectivity index (χ1) is 7.34. The molecule has 1 heterocycles. The van der Waals surface area contributed by atoms with Crippen molar-refractivity contribution in [2.45, 2.75) is 63.1 Å². The fourth-order valence-electron chi connectivity index (χ4n) is 3.19. The number of nitrogens with two attached hydrogens (primary N) is 1. The second-order valence-electron chi connectivity index (χ2n) is 5.18. The summed E-state index contributed by atoms with van der Waals surface area (Å²) in [7, 11) is 0. The standard InChI is InChI=1S/C12H20N2O/c13-9-5-2-1-4-8(9)12-14-10-6-3-7-11(10)15-12/h8-11H,1-7,13H2. The zero-order valence-electron chi connectivity index (χ0n) is 9.19. The van der Waals surface area contributed by atoms with Crippen molar-refractivity contribution in [1.82, 2.24) is 0 Å². The summed E-state index contributed by atoms with van der Waals surface area (Å²) in [5, 5.41) is 0. The first-order valence-electron chi connectivity index (χ1n) is 6.34. The minimum Gasteiger partial charge on any atom is -0.475 e. The third-order valence-corrected chi connectivity index (χ3v) is 4.12. The van der Waals surface area contributed by atoms with Gasteiger partial charge in [0.25, 0.3) is 0 Å². The van der Waals surface area contributed by atoms with Gasteiger partial charge in [0.05, 0.1) is 6.04 Å². The molecule has 2 fully saturated rings. The average molecular weight is 208 g/mol. The van der Waals surface area contributed by atoms with E-state index in [9.17, 15) is 0 Å². The minimum atomic E-state index is 0.288. The van der Waals surface area contributed by atoms with Crippen LogP contribution < -0.4 is 5.73 Å². The lowest BCUT2D eigenvalue weighted by Gasteiger charge is -2.28. The second kappa shape index (κ2) is 3.78. The van der Waals surface area contributed by atoms with Crippen molar-refractivity contribution in [2.75, 3.05) is 0 Å². The van der Waals surface area contributed by atoms with E-state index in [2.05, 4.69) is 0 Å². The highest BCUT2D eigenvalue weighted by atomic mass is 16.5. The molecule has 0 saturated heterocycles. The van der Waals surface area contributed by atoms with Gasteiger partial charge in [0.2, 0.25) is 0 Å². The third-order valence-electron chi connectivity index (χ3n) is 4.12. The summed E-state index contributed by atoms with van der Waals surface area (Å²) in [5.74, 6) is 1.42. The quantitative estimate of drug-likeness (QED) is 0.715. The monoisotopic (exact) mass is 208 g/mol. The van der Waals surface area contributed by atoms with Crippen LogP contribution in [0.1, 0.15) is 44.9 Å². The van der Waals surface area contributed by atoms with Gasteiger partial charge < -0.3 is 10.5 Å². The lowest BCUT2D eigenvalue weighted by Crippen LogP contribution is -2.38. The highest BCUT2D eigenvalue weighted by Gasteiger charge is 2.39. The third kappa shape index (κ3) is 1.67. The SMILES string of the molecule is NC1CCCCC1C1=NC2CCCC2O1. The van der Waals surface area contributed by atoms with Crippen LogP contribution in [-0.2, 0) is 4.74 Å². The molecule has 0 spiro atoms. The molecule has 0 aromatic rings. The molecule has 4 atom stereocenters. The van der Waals surface area contributed by atoms with Gasteiger partial charge in [0.15, 0.2) is 5.90 Å². The van der Waals surface area contributed by atoms with Gasteiger partial charge in [-0.3, -0.25) is 0 Å². The molecule has 84 valence electrons. The normalized spacial score (nSPS) is 44.7. The molecule has 0 bridgehead atoms. The van der Waals surface area contributed by atoms with Crippen LogP contribution in [0.3, 0.4) is 0 Å². The van der Waals surface area contributed by atoms with Gasteiger partial charge in [-0.1, -0.05) is 12.8 Å². The van der Waals surface area contributed by atoms with E-state index >= 15 is 0 Å². The smallest absolute Gasteiger partial charge is 0.188 e. The van der Waals surface area contributed by atoms with Crippen molar-refractivity contribution in [2.24, 2.45) is 16.6 Å². The van der Waals surface area contributed by atoms with Crippen LogP contribution in [0.15, 0.2) is 4.99 Å². The highest BCUT2D eigenvalue weighted by molar-refractivity contribution is 5.81. The van der Waals surface area contributed by atoms with Crippen molar-refractivity contribution in [3.8, 4) is 0 Å². The van der Waals surface area contributed by atoms with E-state index in [-0.39, 0.29) is 6.04 Å². The lowest BCUT2D eigenvalue weighted by molar-refractivity contribution is 0.188. The number of ether oxygens (including phenoxy) is 1. The summed E-state index contributed by atoms with van der Waals surface area (Å²) >= 11 is 0. The summed E-state index contributed by atoms with van der Waals surface area (Å²) in [4.78, 5) is 4.74. The summed E-state index contributed by atoms with van der Waals surface area (Å²) in [5.41, 5.74) is 6.15. The molecule has 15 heavy (non-hydrogen) atoms. The van der Waals surface area contributed by atoms with E-state index in [1.807, 2.05) is 0 Å². The van der Waals surface area contributed by atoms with Crippen molar-refractivity contribution >= 4 is 5.90 Å². The van der Waals surface area contributed by atoms with Crippen LogP contribution in [0.2, 0.25) is 0 Å². The number of aliphatic imine (C=N–C) groups is 1. The summed E-state index contributed by atoms with van der Waals surface area (Å²) in [6.07, 6.45) is 8.98. The van der Waals surface area contributed by atoms with E-state index in [1.54, 1.807) is 0 Å². The number of fused-ring (bicyclic) bond motifs is 1. The van der Waals surface area contributed by atoms with Crippen LogP contribution >= 0.6 is 0 Å². The Balaban J connectivity index is 1.72. The van der Waals surface area contributed by atoms with E-state index in [0.29, 0.717) is 18.1 Å². The Morgan fingerprint density at radius 3 is 2.73 bits per heavy atom. The topological polar surface area (TPSA) is 47.6 Å². The molecule has 3 aliphatic rings. The van der Waals surface area contributed by atoms with Gasteiger partial charge in [-0.05, 0) is 32.1 Å². The largest absolute Gasteiger partial charge is 0.475 e. The molecule has 3 heteroatoms. The number of nitrogens with zero attached hydrogens (tertiary/aromatic N) is 1. The fraction of sp³-hybridized carbons (Fsp3) is 0.917. The average Bonchev–Trinajstić information content (AvgIpc) is 2.77. The molecular formula is C12H20N2O. The van der Waals surface area contributed by atoms with E-state index < -0.39 is 0 Å². The van der Waals surface area contributed by atoms with Crippen molar-refractivity contribution in [3.63, 3.8) is 0 Å². The Morgan fingerprint density at radius 1 is 1.07 bits per heavy atom. The fourth-order valence-corrected chi connectivity index (χ4v) is 3.19. The molecule has 1 aliphatic heterocycles. The number of rotatable bonds is 1. The van der Waals surface area contributed by atoms with E-state index in [1.165, 1.54) is 38.5 Å². The van der Waals surface area contributed by atoms with Crippen LogP contribution in [-0.4, -0.2) is 24.1 Å². The molecule has 3 rings (SSSR count). The van der Waals surface area contributed by atoms with E-state index in [0.717, 1.165) is 12.3 Å². The molecule has 0 aromatic carbocycles. The zero-order chi connectivity index (χ0) is 10.3.